The zero-order valence-corrected chi connectivity index (χ0v) is 10.6. The van der Waals surface area contributed by atoms with Crippen LogP contribution in [0.1, 0.15) is 6.42 Å². The number of anilines is 1. The Morgan fingerprint density at radius 2 is 2.00 bits per heavy atom. The highest BCUT2D eigenvalue weighted by molar-refractivity contribution is 6.29. The second-order valence-electron chi connectivity index (χ2n) is 3.67. The lowest BCUT2D eigenvalue weighted by Crippen LogP contribution is -2.08. The van der Waals surface area contributed by atoms with Crippen LogP contribution in [0.2, 0.25) is 5.15 Å². The van der Waals surface area contributed by atoms with Crippen molar-refractivity contribution in [3.8, 4) is 5.75 Å². The molecule has 2 aromatic rings. The van der Waals surface area contributed by atoms with E-state index in [0.29, 0.717) is 17.6 Å². The summed E-state index contributed by atoms with van der Waals surface area (Å²) >= 11 is 5.73. The molecule has 0 radical (unpaired) electrons. The summed E-state index contributed by atoms with van der Waals surface area (Å²) in [6, 6.07) is 9.75. The second-order valence-corrected chi connectivity index (χ2v) is 4.06. The zero-order valence-electron chi connectivity index (χ0n) is 9.84. The first kappa shape index (κ1) is 12.6. The number of hydrogen-bond donors (Lipinski definition) is 1. The lowest BCUT2D eigenvalue weighted by atomic mass is 10.3. The Bertz CT molecular complexity index is 479. The monoisotopic (exact) mass is 263 g/mol. The Kier molecular flexibility index (Phi) is 4.78. The van der Waals surface area contributed by atoms with Gasteiger partial charge in [-0.15, -0.1) is 0 Å². The molecule has 0 fully saturated rings. The first-order valence-electron chi connectivity index (χ1n) is 5.74. The highest BCUT2D eigenvalue weighted by atomic mass is 35.5. The molecule has 0 bridgehead atoms. The highest BCUT2D eigenvalue weighted by Gasteiger charge is 1.96. The van der Waals surface area contributed by atoms with E-state index in [1.54, 1.807) is 6.20 Å². The number of nitrogens with zero attached hydrogens (tertiary/aromatic N) is 2. The fourth-order valence-electron chi connectivity index (χ4n) is 1.42. The van der Waals surface area contributed by atoms with Crippen molar-refractivity contribution in [2.75, 3.05) is 18.5 Å². The van der Waals surface area contributed by atoms with E-state index >= 15 is 0 Å². The Morgan fingerprint density at radius 3 is 2.78 bits per heavy atom. The van der Waals surface area contributed by atoms with Crippen molar-refractivity contribution in [3.63, 3.8) is 0 Å². The van der Waals surface area contributed by atoms with Crippen LogP contribution >= 0.6 is 11.6 Å². The standard InChI is InChI=1S/C13H14ClN3O/c14-12-9-15-10-13(17-12)16-7-4-8-18-11-5-2-1-3-6-11/h1-3,5-6,9-10H,4,7-8H2,(H,16,17). The van der Waals surface area contributed by atoms with Crippen LogP contribution in [0.15, 0.2) is 42.7 Å². The second kappa shape index (κ2) is 6.81. The molecule has 0 spiro atoms. The summed E-state index contributed by atoms with van der Waals surface area (Å²) in [6.45, 7) is 1.42. The molecule has 0 saturated heterocycles. The molecule has 0 saturated carbocycles. The Hall–Kier alpha value is -1.81. The molecule has 1 heterocycles. The van der Waals surface area contributed by atoms with Gasteiger partial charge in [-0.05, 0) is 18.6 Å². The lowest BCUT2D eigenvalue weighted by Gasteiger charge is -2.07. The Morgan fingerprint density at radius 1 is 1.17 bits per heavy atom. The molecule has 2 rings (SSSR count). The highest BCUT2D eigenvalue weighted by Crippen LogP contribution is 2.09. The molecule has 0 unspecified atom stereocenters. The number of rotatable bonds is 6. The summed E-state index contributed by atoms with van der Waals surface area (Å²) in [7, 11) is 0. The molecule has 0 aliphatic rings. The third kappa shape index (κ3) is 4.22. The molecule has 1 aromatic heterocycles. The minimum Gasteiger partial charge on any atom is -0.494 e. The van der Waals surface area contributed by atoms with Gasteiger partial charge in [-0.2, -0.15) is 0 Å². The van der Waals surface area contributed by atoms with Crippen LogP contribution in [0.3, 0.4) is 0 Å². The number of nitrogens with one attached hydrogen (secondary N) is 1. The fraction of sp³-hybridized carbons (Fsp3) is 0.231. The third-order valence-electron chi connectivity index (χ3n) is 2.24. The predicted molar refractivity (Wildman–Crippen MR) is 72.1 cm³/mol. The van der Waals surface area contributed by atoms with Crippen molar-refractivity contribution in [2.45, 2.75) is 6.42 Å². The number of hydrogen-bond acceptors (Lipinski definition) is 4. The van der Waals surface area contributed by atoms with Crippen LogP contribution in [0.5, 0.6) is 5.75 Å². The summed E-state index contributed by atoms with van der Waals surface area (Å²) in [5.41, 5.74) is 0. The topological polar surface area (TPSA) is 47.0 Å². The van der Waals surface area contributed by atoms with E-state index in [0.717, 1.165) is 18.7 Å². The van der Waals surface area contributed by atoms with Gasteiger partial charge in [0.05, 0.1) is 19.0 Å². The molecular formula is C13H14ClN3O. The zero-order chi connectivity index (χ0) is 12.6. The van der Waals surface area contributed by atoms with Gasteiger partial charge in [-0.3, -0.25) is 4.98 Å². The van der Waals surface area contributed by atoms with Crippen LogP contribution in [0.25, 0.3) is 0 Å². The van der Waals surface area contributed by atoms with Gasteiger partial charge in [0.25, 0.3) is 0 Å². The normalized spacial score (nSPS) is 10.1. The Labute approximate surface area is 111 Å². The van der Waals surface area contributed by atoms with E-state index in [4.69, 9.17) is 16.3 Å². The number of para-hydroxylation sites is 1. The Balaban J connectivity index is 1.65. The summed E-state index contributed by atoms with van der Waals surface area (Å²) in [5, 5.41) is 3.52. The number of ether oxygens (including phenoxy) is 1. The van der Waals surface area contributed by atoms with Crippen molar-refractivity contribution in [3.05, 3.63) is 47.9 Å². The van der Waals surface area contributed by atoms with Gasteiger partial charge in [0.1, 0.15) is 16.7 Å². The average Bonchev–Trinajstić information content (AvgIpc) is 2.40. The molecule has 1 N–H and O–H groups in total. The molecule has 5 heteroatoms. The summed E-state index contributed by atoms with van der Waals surface area (Å²) in [4.78, 5) is 8.02. The number of aromatic nitrogens is 2. The van der Waals surface area contributed by atoms with Crippen molar-refractivity contribution in [1.29, 1.82) is 0 Å². The third-order valence-corrected chi connectivity index (χ3v) is 2.43. The van der Waals surface area contributed by atoms with E-state index in [2.05, 4.69) is 15.3 Å². The minimum absolute atomic E-state index is 0.389. The van der Waals surface area contributed by atoms with Gasteiger partial charge < -0.3 is 10.1 Å². The minimum atomic E-state index is 0.389. The SMILES string of the molecule is Clc1cncc(NCCCOc2ccccc2)n1. The van der Waals surface area contributed by atoms with E-state index in [-0.39, 0.29) is 0 Å². The van der Waals surface area contributed by atoms with Gasteiger partial charge in [0.15, 0.2) is 0 Å². The summed E-state index contributed by atoms with van der Waals surface area (Å²) in [6.07, 6.45) is 4.03. The molecule has 94 valence electrons. The predicted octanol–water partition coefficient (Wildman–Crippen LogP) is 3.01. The van der Waals surface area contributed by atoms with Crippen LogP contribution < -0.4 is 10.1 Å². The molecule has 0 atom stereocenters. The summed E-state index contributed by atoms with van der Waals surface area (Å²) in [5.74, 6) is 1.57. The van der Waals surface area contributed by atoms with Crippen molar-refractivity contribution >= 4 is 17.4 Å². The molecule has 0 aliphatic heterocycles. The fourth-order valence-corrected chi connectivity index (χ4v) is 1.57. The lowest BCUT2D eigenvalue weighted by molar-refractivity contribution is 0.315. The molecule has 4 nitrogen and oxygen atoms in total. The smallest absolute Gasteiger partial charge is 0.149 e. The average molecular weight is 264 g/mol. The van der Waals surface area contributed by atoms with Crippen LogP contribution in [0, 0.1) is 0 Å². The van der Waals surface area contributed by atoms with E-state index in [1.807, 2.05) is 30.3 Å². The molecule has 0 amide bonds. The molecule has 1 aromatic carbocycles. The molecule has 0 aliphatic carbocycles. The van der Waals surface area contributed by atoms with Crippen molar-refractivity contribution < 1.29 is 4.74 Å². The first-order valence-corrected chi connectivity index (χ1v) is 6.11. The van der Waals surface area contributed by atoms with Gasteiger partial charge in [0, 0.05) is 6.54 Å². The van der Waals surface area contributed by atoms with E-state index in [1.165, 1.54) is 6.20 Å². The first-order chi connectivity index (χ1) is 8.84. The van der Waals surface area contributed by atoms with Gasteiger partial charge in [0.2, 0.25) is 0 Å². The maximum atomic E-state index is 5.73. The van der Waals surface area contributed by atoms with Gasteiger partial charge in [-0.25, -0.2) is 4.98 Å². The number of halogens is 1. The van der Waals surface area contributed by atoms with E-state index in [9.17, 15) is 0 Å². The van der Waals surface area contributed by atoms with Crippen LogP contribution in [-0.2, 0) is 0 Å². The largest absolute Gasteiger partial charge is 0.494 e. The quantitative estimate of drug-likeness (QED) is 0.814. The maximum Gasteiger partial charge on any atom is 0.149 e. The molecule has 18 heavy (non-hydrogen) atoms. The van der Waals surface area contributed by atoms with Crippen LogP contribution in [-0.4, -0.2) is 23.1 Å². The number of benzene rings is 1. The van der Waals surface area contributed by atoms with Gasteiger partial charge in [-0.1, -0.05) is 29.8 Å². The summed E-state index contributed by atoms with van der Waals surface area (Å²) < 4.78 is 5.57. The molecular weight excluding hydrogens is 250 g/mol. The van der Waals surface area contributed by atoms with Crippen molar-refractivity contribution in [2.24, 2.45) is 0 Å². The van der Waals surface area contributed by atoms with Crippen molar-refractivity contribution in [1.82, 2.24) is 9.97 Å². The van der Waals surface area contributed by atoms with E-state index < -0.39 is 0 Å². The van der Waals surface area contributed by atoms with Gasteiger partial charge >= 0.3 is 0 Å². The maximum absolute atomic E-state index is 5.73. The van der Waals surface area contributed by atoms with Crippen LogP contribution in [0.4, 0.5) is 5.82 Å².